The first-order chi connectivity index (χ1) is 9.08. The quantitative estimate of drug-likeness (QED) is 0.634. The number of urea groups is 1. The summed E-state index contributed by atoms with van der Waals surface area (Å²) in [5.41, 5.74) is 4.60. The molecule has 0 aliphatic carbocycles. The molecule has 0 radical (unpaired) electrons. The number of nitrogens with two attached hydrogens (primary N) is 1. The number of carbonyl (C=O) groups is 2. The summed E-state index contributed by atoms with van der Waals surface area (Å²) in [6.07, 6.45) is 0. The van der Waals surface area contributed by atoms with Crippen LogP contribution in [0.3, 0.4) is 0 Å². The van der Waals surface area contributed by atoms with Crippen molar-refractivity contribution in [1.29, 1.82) is 0 Å². The van der Waals surface area contributed by atoms with E-state index in [1.54, 1.807) is 52.0 Å². The molecule has 6 heteroatoms. The van der Waals surface area contributed by atoms with Crippen LogP contribution in [-0.2, 0) is 4.79 Å². The van der Waals surface area contributed by atoms with Gasteiger partial charge >= 0.3 is 12.0 Å². The highest BCUT2D eigenvalue weighted by molar-refractivity contribution is 5.93. The maximum Gasteiger partial charge on any atom is 0.319 e. The number of hydrogen-bond acceptors (Lipinski definition) is 3. The molecule has 1 aromatic carbocycles. The topological polar surface area (TPSA) is 104 Å². The first-order valence-electron chi connectivity index (χ1n) is 6.25. The SMILES string of the molecule is CC(C)(NC(=O)Nc1ccccc1N)C(C)(C)C(=O)O. The van der Waals surface area contributed by atoms with Crippen molar-refractivity contribution in [2.75, 3.05) is 11.1 Å². The largest absolute Gasteiger partial charge is 0.481 e. The Morgan fingerprint density at radius 3 is 2.20 bits per heavy atom. The van der Waals surface area contributed by atoms with Crippen LogP contribution >= 0.6 is 0 Å². The van der Waals surface area contributed by atoms with Gasteiger partial charge in [0.2, 0.25) is 0 Å². The lowest BCUT2D eigenvalue weighted by atomic mass is 9.74. The zero-order valence-corrected chi connectivity index (χ0v) is 12.2. The van der Waals surface area contributed by atoms with Gasteiger partial charge in [0.25, 0.3) is 0 Å². The molecule has 0 heterocycles. The minimum Gasteiger partial charge on any atom is -0.481 e. The molecule has 110 valence electrons. The summed E-state index contributed by atoms with van der Waals surface area (Å²) in [7, 11) is 0. The number of para-hydroxylation sites is 2. The van der Waals surface area contributed by atoms with E-state index in [0.717, 1.165) is 0 Å². The minimum atomic E-state index is -1.12. The van der Waals surface area contributed by atoms with Gasteiger partial charge in [-0.3, -0.25) is 4.79 Å². The van der Waals surface area contributed by atoms with E-state index in [9.17, 15) is 14.7 Å². The Bertz CT molecular complexity index is 524. The van der Waals surface area contributed by atoms with Crippen LogP contribution in [0.5, 0.6) is 0 Å². The predicted molar refractivity (Wildman–Crippen MR) is 78.5 cm³/mol. The van der Waals surface area contributed by atoms with Crippen LogP contribution in [-0.4, -0.2) is 22.6 Å². The van der Waals surface area contributed by atoms with Crippen molar-refractivity contribution in [3.8, 4) is 0 Å². The molecule has 0 unspecified atom stereocenters. The lowest BCUT2D eigenvalue weighted by Gasteiger charge is -2.38. The number of aliphatic carboxylic acids is 1. The molecule has 1 aromatic rings. The number of amides is 2. The van der Waals surface area contributed by atoms with E-state index in [4.69, 9.17) is 5.73 Å². The maximum atomic E-state index is 12.0. The molecule has 0 aliphatic rings. The molecule has 6 nitrogen and oxygen atoms in total. The highest BCUT2D eigenvalue weighted by Crippen LogP contribution is 2.30. The van der Waals surface area contributed by atoms with Crippen molar-refractivity contribution >= 4 is 23.4 Å². The molecule has 0 aromatic heterocycles. The molecule has 0 atom stereocenters. The van der Waals surface area contributed by atoms with Crippen molar-refractivity contribution in [3.63, 3.8) is 0 Å². The molecule has 0 saturated heterocycles. The van der Waals surface area contributed by atoms with Gasteiger partial charge in [-0.1, -0.05) is 12.1 Å². The summed E-state index contributed by atoms with van der Waals surface area (Å²) in [6.45, 7) is 6.45. The Morgan fingerprint density at radius 2 is 1.70 bits per heavy atom. The maximum absolute atomic E-state index is 12.0. The van der Waals surface area contributed by atoms with E-state index >= 15 is 0 Å². The predicted octanol–water partition coefficient (Wildman–Crippen LogP) is 2.28. The number of nitrogens with one attached hydrogen (secondary N) is 2. The van der Waals surface area contributed by atoms with Gasteiger partial charge in [0.05, 0.1) is 22.3 Å². The molecule has 5 N–H and O–H groups in total. The molecule has 0 saturated carbocycles. The van der Waals surface area contributed by atoms with Gasteiger partial charge in [-0.25, -0.2) is 4.79 Å². The van der Waals surface area contributed by atoms with Gasteiger partial charge in [-0.2, -0.15) is 0 Å². The summed E-state index contributed by atoms with van der Waals surface area (Å²) in [4.78, 5) is 23.2. The highest BCUT2D eigenvalue weighted by Gasteiger charge is 2.44. The second-order valence-corrected chi connectivity index (χ2v) is 5.72. The average molecular weight is 279 g/mol. The van der Waals surface area contributed by atoms with E-state index in [2.05, 4.69) is 10.6 Å². The summed E-state index contributed by atoms with van der Waals surface area (Å²) in [5, 5.41) is 14.5. The summed E-state index contributed by atoms with van der Waals surface area (Å²) < 4.78 is 0. The summed E-state index contributed by atoms with van der Waals surface area (Å²) in [6, 6.07) is 6.35. The van der Waals surface area contributed by atoms with Crippen molar-refractivity contribution in [2.24, 2.45) is 5.41 Å². The zero-order valence-electron chi connectivity index (χ0n) is 12.2. The summed E-state index contributed by atoms with van der Waals surface area (Å²) >= 11 is 0. The van der Waals surface area contributed by atoms with Crippen LogP contribution in [0.25, 0.3) is 0 Å². The fourth-order valence-corrected chi connectivity index (χ4v) is 1.47. The van der Waals surface area contributed by atoms with Crippen molar-refractivity contribution in [1.82, 2.24) is 5.32 Å². The van der Waals surface area contributed by atoms with Crippen LogP contribution in [0.4, 0.5) is 16.2 Å². The number of nitrogen functional groups attached to an aromatic ring is 1. The Hall–Kier alpha value is -2.24. The van der Waals surface area contributed by atoms with E-state index in [0.29, 0.717) is 11.4 Å². The van der Waals surface area contributed by atoms with Crippen LogP contribution in [0, 0.1) is 5.41 Å². The standard InChI is InChI=1S/C14H21N3O3/c1-13(2,11(18)19)14(3,4)17-12(20)16-10-8-6-5-7-9(10)15/h5-8H,15H2,1-4H3,(H,18,19)(H2,16,17,20). The molecule has 2 amide bonds. The fraction of sp³-hybridized carbons (Fsp3) is 0.429. The van der Waals surface area contributed by atoms with Crippen molar-refractivity contribution < 1.29 is 14.7 Å². The number of hydrogen-bond donors (Lipinski definition) is 4. The minimum absolute atomic E-state index is 0.443. The molecule has 20 heavy (non-hydrogen) atoms. The van der Waals surface area contributed by atoms with E-state index in [-0.39, 0.29) is 0 Å². The number of rotatable bonds is 4. The second kappa shape index (κ2) is 5.40. The average Bonchev–Trinajstić information content (AvgIpc) is 2.31. The highest BCUT2D eigenvalue weighted by atomic mass is 16.4. The normalized spacial score (nSPS) is 11.8. The van der Waals surface area contributed by atoms with Gasteiger partial charge in [0.1, 0.15) is 0 Å². The molecular formula is C14H21N3O3. The molecule has 0 aliphatic heterocycles. The molecule has 1 rings (SSSR count). The number of anilines is 2. The number of carboxylic acids is 1. The fourth-order valence-electron chi connectivity index (χ4n) is 1.47. The Morgan fingerprint density at radius 1 is 1.15 bits per heavy atom. The van der Waals surface area contributed by atoms with Crippen LogP contribution in [0.1, 0.15) is 27.7 Å². The lowest BCUT2D eigenvalue weighted by molar-refractivity contribution is -0.150. The van der Waals surface area contributed by atoms with Crippen molar-refractivity contribution in [2.45, 2.75) is 33.2 Å². The second-order valence-electron chi connectivity index (χ2n) is 5.72. The van der Waals surface area contributed by atoms with E-state index in [1.165, 1.54) is 0 Å². The molecule has 0 spiro atoms. The van der Waals surface area contributed by atoms with E-state index in [1.807, 2.05) is 0 Å². The number of benzene rings is 1. The monoisotopic (exact) mass is 279 g/mol. The van der Waals surface area contributed by atoms with Gasteiger partial charge in [-0.15, -0.1) is 0 Å². The smallest absolute Gasteiger partial charge is 0.319 e. The Labute approximate surface area is 118 Å². The first kappa shape index (κ1) is 15.8. The Balaban J connectivity index is 2.81. The third-order valence-electron chi connectivity index (χ3n) is 3.73. The van der Waals surface area contributed by atoms with E-state index < -0.39 is 23.0 Å². The van der Waals surface area contributed by atoms with Gasteiger partial charge in [0, 0.05) is 0 Å². The van der Waals surface area contributed by atoms with Gasteiger partial charge in [0.15, 0.2) is 0 Å². The number of carbonyl (C=O) groups excluding carboxylic acids is 1. The number of carboxylic acid groups (broad SMARTS) is 1. The van der Waals surface area contributed by atoms with Crippen LogP contribution < -0.4 is 16.4 Å². The van der Waals surface area contributed by atoms with Gasteiger partial charge in [-0.05, 0) is 39.8 Å². The zero-order chi connectivity index (χ0) is 15.6. The third kappa shape index (κ3) is 3.20. The summed E-state index contributed by atoms with van der Waals surface area (Å²) in [5.74, 6) is -0.984. The molecule has 0 bridgehead atoms. The first-order valence-corrected chi connectivity index (χ1v) is 6.25. The van der Waals surface area contributed by atoms with Gasteiger partial charge < -0.3 is 21.5 Å². The molecule has 0 fully saturated rings. The van der Waals surface area contributed by atoms with Crippen LogP contribution in [0.15, 0.2) is 24.3 Å². The Kier molecular flexibility index (Phi) is 4.27. The molecular weight excluding hydrogens is 258 g/mol. The van der Waals surface area contributed by atoms with Crippen LogP contribution in [0.2, 0.25) is 0 Å². The van der Waals surface area contributed by atoms with Crippen molar-refractivity contribution in [3.05, 3.63) is 24.3 Å². The lowest BCUT2D eigenvalue weighted by Crippen LogP contribution is -2.57. The third-order valence-corrected chi connectivity index (χ3v) is 3.73.